The lowest BCUT2D eigenvalue weighted by Gasteiger charge is -2.26. The number of benzene rings is 1. The average molecular weight is 339 g/mol. The van der Waals surface area contributed by atoms with Gasteiger partial charge in [0, 0.05) is 37.0 Å². The molecule has 0 aliphatic carbocycles. The molecule has 0 amide bonds. The van der Waals surface area contributed by atoms with Crippen LogP contribution in [-0.4, -0.2) is 28.0 Å². The van der Waals surface area contributed by atoms with E-state index in [-0.39, 0.29) is 18.3 Å². The molecule has 0 aliphatic rings. The Morgan fingerprint density at radius 1 is 1.42 bits per heavy atom. The molecular weight excluding hydrogens is 316 g/mol. The summed E-state index contributed by atoms with van der Waals surface area (Å²) in [5.41, 5.74) is 1.12. The van der Waals surface area contributed by atoms with Crippen LogP contribution in [0.3, 0.4) is 0 Å². The molecule has 0 radical (unpaired) electrons. The van der Waals surface area contributed by atoms with Crippen LogP contribution in [0, 0.1) is 6.92 Å². The van der Waals surface area contributed by atoms with Crippen LogP contribution >= 0.6 is 0 Å². The normalized spacial score (nSPS) is 15.3. The van der Waals surface area contributed by atoms with Crippen LogP contribution in [0.2, 0.25) is 0 Å². The summed E-state index contributed by atoms with van der Waals surface area (Å²) in [6.07, 6.45) is 3.34. The first-order chi connectivity index (χ1) is 11.2. The molecule has 24 heavy (non-hydrogen) atoms. The molecular formula is C17H23F2N3O2. The second-order valence-electron chi connectivity index (χ2n) is 6.20. The van der Waals surface area contributed by atoms with E-state index in [0.29, 0.717) is 11.1 Å². The van der Waals surface area contributed by atoms with E-state index in [0.717, 1.165) is 5.56 Å². The number of ether oxygens (including phenoxy) is 1. The number of nitrogens with zero attached hydrogens (tertiary/aromatic N) is 2. The molecule has 0 bridgehead atoms. The molecule has 2 N–H and O–H groups in total. The molecule has 1 heterocycles. The van der Waals surface area contributed by atoms with E-state index in [9.17, 15) is 13.9 Å². The smallest absolute Gasteiger partial charge is 0.387 e. The third-order valence-corrected chi connectivity index (χ3v) is 3.93. The molecule has 2 rings (SSSR count). The Morgan fingerprint density at radius 2 is 2.12 bits per heavy atom. The Labute approximate surface area is 140 Å². The largest absolute Gasteiger partial charge is 0.434 e. The number of alkyl halides is 2. The van der Waals surface area contributed by atoms with Crippen molar-refractivity contribution in [1.82, 2.24) is 15.1 Å². The van der Waals surface area contributed by atoms with Crippen LogP contribution in [0.4, 0.5) is 8.78 Å². The molecule has 7 heteroatoms. The van der Waals surface area contributed by atoms with Crippen molar-refractivity contribution in [3.8, 4) is 5.75 Å². The number of hydrogen-bond donors (Lipinski definition) is 2. The molecule has 1 aromatic carbocycles. The molecule has 2 unspecified atom stereocenters. The highest BCUT2D eigenvalue weighted by Crippen LogP contribution is 2.28. The highest BCUT2D eigenvalue weighted by Gasteiger charge is 2.26. The van der Waals surface area contributed by atoms with Crippen molar-refractivity contribution in [2.24, 2.45) is 7.05 Å². The van der Waals surface area contributed by atoms with Crippen LogP contribution in [0.15, 0.2) is 30.6 Å². The fourth-order valence-electron chi connectivity index (χ4n) is 2.47. The van der Waals surface area contributed by atoms with E-state index in [1.165, 1.54) is 6.07 Å². The molecule has 0 saturated carbocycles. The lowest BCUT2D eigenvalue weighted by Crippen LogP contribution is -2.36. The number of hydrogen-bond acceptors (Lipinski definition) is 4. The summed E-state index contributed by atoms with van der Waals surface area (Å²) in [6, 6.07) is 4.78. The first-order valence-electron chi connectivity index (χ1n) is 7.69. The second kappa shape index (κ2) is 7.27. The van der Waals surface area contributed by atoms with Crippen molar-refractivity contribution in [2.45, 2.75) is 39.0 Å². The second-order valence-corrected chi connectivity index (χ2v) is 6.20. The van der Waals surface area contributed by atoms with Gasteiger partial charge in [0.05, 0.1) is 6.20 Å². The first kappa shape index (κ1) is 18.4. The maximum Gasteiger partial charge on any atom is 0.387 e. The minimum absolute atomic E-state index is 0.136. The summed E-state index contributed by atoms with van der Waals surface area (Å²) in [5, 5.41) is 17.8. The van der Waals surface area contributed by atoms with Crippen LogP contribution in [0.25, 0.3) is 0 Å². The Hall–Kier alpha value is -1.99. The van der Waals surface area contributed by atoms with Gasteiger partial charge in [0.25, 0.3) is 0 Å². The van der Waals surface area contributed by atoms with E-state index in [1.54, 1.807) is 43.2 Å². The summed E-state index contributed by atoms with van der Waals surface area (Å²) in [4.78, 5) is 0. The van der Waals surface area contributed by atoms with Gasteiger partial charge >= 0.3 is 6.61 Å². The van der Waals surface area contributed by atoms with Gasteiger partial charge in [0.1, 0.15) is 11.4 Å². The average Bonchev–Trinajstić information content (AvgIpc) is 2.94. The quantitative estimate of drug-likeness (QED) is 0.814. The zero-order valence-electron chi connectivity index (χ0n) is 14.3. The Morgan fingerprint density at radius 3 is 2.71 bits per heavy atom. The molecule has 0 saturated heterocycles. The van der Waals surface area contributed by atoms with E-state index in [2.05, 4.69) is 15.2 Å². The third-order valence-electron chi connectivity index (χ3n) is 3.93. The van der Waals surface area contributed by atoms with Crippen molar-refractivity contribution in [1.29, 1.82) is 0 Å². The summed E-state index contributed by atoms with van der Waals surface area (Å²) >= 11 is 0. The SMILES string of the molecule is Cc1ccc(OC(F)F)c(C(C)NCC(C)(O)c2cnn(C)c2)c1. The summed E-state index contributed by atoms with van der Waals surface area (Å²) < 4.78 is 31.3. The highest BCUT2D eigenvalue weighted by atomic mass is 19.3. The molecule has 0 spiro atoms. The fourth-order valence-corrected chi connectivity index (χ4v) is 2.47. The lowest BCUT2D eigenvalue weighted by atomic mass is 9.98. The molecule has 2 aromatic rings. The lowest BCUT2D eigenvalue weighted by molar-refractivity contribution is -0.0507. The Bertz CT molecular complexity index is 686. The zero-order valence-corrected chi connectivity index (χ0v) is 14.3. The summed E-state index contributed by atoms with van der Waals surface area (Å²) in [6.45, 7) is 2.76. The predicted molar refractivity (Wildman–Crippen MR) is 87.0 cm³/mol. The predicted octanol–water partition coefficient (Wildman–Crippen LogP) is 2.89. The van der Waals surface area contributed by atoms with Crippen molar-refractivity contribution < 1.29 is 18.6 Å². The van der Waals surface area contributed by atoms with Crippen molar-refractivity contribution in [2.75, 3.05) is 6.54 Å². The van der Waals surface area contributed by atoms with E-state index in [4.69, 9.17) is 0 Å². The molecule has 0 fully saturated rings. The van der Waals surface area contributed by atoms with Gasteiger partial charge in [-0.15, -0.1) is 0 Å². The summed E-state index contributed by atoms with van der Waals surface area (Å²) in [7, 11) is 1.77. The minimum Gasteiger partial charge on any atom is -0.434 e. The topological polar surface area (TPSA) is 59.3 Å². The minimum atomic E-state index is -2.88. The molecule has 5 nitrogen and oxygen atoms in total. The van der Waals surface area contributed by atoms with Gasteiger partial charge in [-0.2, -0.15) is 13.9 Å². The molecule has 132 valence electrons. The number of rotatable bonds is 7. The number of nitrogens with one attached hydrogen (secondary N) is 1. The highest BCUT2D eigenvalue weighted by molar-refractivity contribution is 5.39. The maximum absolute atomic E-state index is 12.6. The third kappa shape index (κ3) is 4.52. The summed E-state index contributed by atoms with van der Waals surface area (Å²) in [5.74, 6) is 0.136. The Kier molecular flexibility index (Phi) is 5.56. The van der Waals surface area contributed by atoms with Crippen LogP contribution in [0.5, 0.6) is 5.75 Å². The van der Waals surface area contributed by atoms with E-state index >= 15 is 0 Å². The van der Waals surface area contributed by atoms with Gasteiger partial charge in [-0.3, -0.25) is 4.68 Å². The van der Waals surface area contributed by atoms with E-state index < -0.39 is 12.2 Å². The van der Waals surface area contributed by atoms with E-state index in [1.807, 2.05) is 13.8 Å². The Balaban J connectivity index is 2.12. The van der Waals surface area contributed by atoms with Gasteiger partial charge in [0.2, 0.25) is 0 Å². The number of aryl methyl sites for hydroxylation is 2. The number of halogens is 2. The van der Waals surface area contributed by atoms with Crippen molar-refractivity contribution >= 4 is 0 Å². The number of aromatic nitrogens is 2. The molecule has 0 aliphatic heterocycles. The number of aliphatic hydroxyl groups is 1. The molecule has 1 aromatic heterocycles. The van der Waals surface area contributed by atoms with Gasteiger partial charge in [-0.1, -0.05) is 17.7 Å². The van der Waals surface area contributed by atoms with Crippen LogP contribution < -0.4 is 10.1 Å². The maximum atomic E-state index is 12.6. The van der Waals surface area contributed by atoms with Gasteiger partial charge < -0.3 is 15.2 Å². The van der Waals surface area contributed by atoms with Gasteiger partial charge in [-0.05, 0) is 26.8 Å². The first-order valence-corrected chi connectivity index (χ1v) is 7.69. The van der Waals surface area contributed by atoms with Crippen molar-refractivity contribution in [3.63, 3.8) is 0 Å². The van der Waals surface area contributed by atoms with Gasteiger partial charge in [-0.25, -0.2) is 0 Å². The van der Waals surface area contributed by atoms with Crippen molar-refractivity contribution in [3.05, 3.63) is 47.3 Å². The van der Waals surface area contributed by atoms with Crippen LogP contribution in [-0.2, 0) is 12.6 Å². The van der Waals surface area contributed by atoms with Crippen LogP contribution in [0.1, 0.15) is 36.6 Å². The fraction of sp³-hybridized carbons (Fsp3) is 0.471. The zero-order chi connectivity index (χ0) is 17.9. The monoisotopic (exact) mass is 339 g/mol. The molecule has 2 atom stereocenters. The standard InChI is InChI=1S/C17H23F2N3O2/c1-11-5-6-15(24-16(18)19)14(7-11)12(2)20-10-17(3,23)13-8-21-22(4)9-13/h5-9,12,16,20,23H,10H2,1-4H3. The van der Waals surface area contributed by atoms with Gasteiger partial charge in [0.15, 0.2) is 0 Å².